The van der Waals surface area contributed by atoms with Crippen LogP contribution < -0.4 is 0 Å². The maximum Gasteiger partial charge on any atom is 0.222 e. The number of nitrogens with zero attached hydrogens (tertiary/aromatic N) is 1. The van der Waals surface area contributed by atoms with Crippen molar-refractivity contribution in [2.45, 2.75) is 19.3 Å². The molecule has 0 aliphatic carbocycles. The van der Waals surface area contributed by atoms with Gasteiger partial charge in [0.2, 0.25) is 5.91 Å². The highest BCUT2D eigenvalue weighted by molar-refractivity contribution is 5.99. The molecule has 0 spiro atoms. The number of hydrogen-bond acceptors (Lipinski definition) is 3. The summed E-state index contributed by atoms with van der Waals surface area (Å²) in [6.45, 7) is 0.812. The van der Waals surface area contributed by atoms with Gasteiger partial charge in [0.1, 0.15) is 5.75 Å². The first-order valence-corrected chi connectivity index (χ1v) is 5.77. The molecule has 1 heterocycles. The maximum absolute atomic E-state index is 11.9. The molecule has 1 aromatic rings. The third-order valence-corrected chi connectivity index (χ3v) is 2.95. The van der Waals surface area contributed by atoms with Crippen LogP contribution in [0.25, 0.3) is 0 Å². The van der Waals surface area contributed by atoms with Gasteiger partial charge in [-0.3, -0.25) is 9.59 Å². The van der Waals surface area contributed by atoms with E-state index in [0.29, 0.717) is 18.5 Å². The van der Waals surface area contributed by atoms with E-state index in [9.17, 15) is 9.59 Å². The van der Waals surface area contributed by atoms with E-state index in [1.165, 1.54) is 12.1 Å². The molecule has 0 bridgehead atoms. The normalized spacial score (nSPS) is 16.0. The zero-order valence-electron chi connectivity index (χ0n) is 9.56. The highest BCUT2D eigenvalue weighted by Gasteiger charge is 2.20. The van der Waals surface area contributed by atoms with Crippen LogP contribution in [0.3, 0.4) is 0 Å². The summed E-state index contributed by atoms with van der Waals surface area (Å²) in [6.07, 6.45) is 2.43. The van der Waals surface area contributed by atoms with Gasteiger partial charge in [0.05, 0.1) is 6.54 Å². The van der Waals surface area contributed by atoms with Crippen molar-refractivity contribution < 1.29 is 14.7 Å². The van der Waals surface area contributed by atoms with Crippen LogP contribution >= 0.6 is 0 Å². The molecule has 90 valence electrons. The average molecular weight is 233 g/mol. The first-order chi connectivity index (χ1) is 8.16. The van der Waals surface area contributed by atoms with Crippen LogP contribution in [-0.2, 0) is 4.79 Å². The molecule has 1 saturated heterocycles. The zero-order chi connectivity index (χ0) is 12.3. The van der Waals surface area contributed by atoms with Gasteiger partial charge in [-0.2, -0.15) is 0 Å². The monoisotopic (exact) mass is 233 g/mol. The van der Waals surface area contributed by atoms with Gasteiger partial charge in [-0.1, -0.05) is 0 Å². The van der Waals surface area contributed by atoms with Crippen LogP contribution in [0, 0.1) is 0 Å². The number of aromatic hydroxyl groups is 1. The number of carbonyl (C=O) groups excluding carboxylic acids is 2. The number of phenols is 1. The number of rotatable bonds is 3. The largest absolute Gasteiger partial charge is 0.508 e. The number of hydrogen-bond donors (Lipinski definition) is 1. The lowest BCUT2D eigenvalue weighted by molar-refractivity contribution is -0.132. The lowest BCUT2D eigenvalue weighted by atomic mass is 10.1. The number of carbonyl (C=O) groups is 2. The van der Waals surface area contributed by atoms with Crippen molar-refractivity contribution in [3.8, 4) is 5.75 Å². The Labute approximate surface area is 99.9 Å². The van der Waals surface area contributed by atoms with Gasteiger partial charge in [0.25, 0.3) is 0 Å². The molecule has 2 rings (SSSR count). The maximum atomic E-state index is 11.9. The Morgan fingerprint density at radius 1 is 1.24 bits per heavy atom. The number of Topliss-reactive ketones (excluding diaryl/α,β-unsaturated/α-hetero) is 1. The fourth-order valence-electron chi connectivity index (χ4n) is 1.94. The smallest absolute Gasteiger partial charge is 0.222 e. The van der Waals surface area contributed by atoms with Crippen molar-refractivity contribution in [3.05, 3.63) is 29.8 Å². The molecule has 0 radical (unpaired) electrons. The van der Waals surface area contributed by atoms with Gasteiger partial charge >= 0.3 is 0 Å². The number of likely N-dealkylation sites (tertiary alicyclic amines) is 1. The SMILES string of the molecule is O=C(CN1CCCCC1=O)c1ccc(O)cc1. The first kappa shape index (κ1) is 11.6. The summed E-state index contributed by atoms with van der Waals surface area (Å²) in [5.41, 5.74) is 0.529. The summed E-state index contributed by atoms with van der Waals surface area (Å²) >= 11 is 0. The lowest BCUT2D eigenvalue weighted by Gasteiger charge is -2.25. The fourth-order valence-corrected chi connectivity index (χ4v) is 1.94. The molecule has 4 nitrogen and oxygen atoms in total. The molecule has 0 atom stereocenters. The predicted molar refractivity (Wildman–Crippen MR) is 62.9 cm³/mol. The van der Waals surface area contributed by atoms with Crippen molar-refractivity contribution in [2.75, 3.05) is 13.1 Å². The van der Waals surface area contributed by atoms with Gasteiger partial charge < -0.3 is 10.0 Å². The van der Waals surface area contributed by atoms with Gasteiger partial charge in [-0.05, 0) is 37.1 Å². The number of piperidine rings is 1. The van der Waals surface area contributed by atoms with Crippen LogP contribution in [0.2, 0.25) is 0 Å². The second-order valence-corrected chi connectivity index (χ2v) is 4.24. The van der Waals surface area contributed by atoms with Crippen molar-refractivity contribution in [1.29, 1.82) is 0 Å². The minimum Gasteiger partial charge on any atom is -0.508 e. The van der Waals surface area contributed by atoms with Crippen LogP contribution in [0.15, 0.2) is 24.3 Å². The minimum absolute atomic E-state index is 0.0587. The molecule has 1 aliphatic rings. The van der Waals surface area contributed by atoms with E-state index in [1.54, 1.807) is 17.0 Å². The first-order valence-electron chi connectivity index (χ1n) is 5.77. The van der Waals surface area contributed by atoms with Crippen molar-refractivity contribution in [2.24, 2.45) is 0 Å². The quantitative estimate of drug-likeness (QED) is 0.806. The Bertz CT molecular complexity index is 425. The Balaban J connectivity index is 2.01. The van der Waals surface area contributed by atoms with Gasteiger partial charge in [-0.15, -0.1) is 0 Å². The number of phenolic OH excluding ortho intramolecular Hbond substituents is 1. The van der Waals surface area contributed by atoms with Crippen LogP contribution in [-0.4, -0.2) is 34.8 Å². The molecule has 1 fully saturated rings. The highest BCUT2D eigenvalue weighted by Crippen LogP contribution is 2.13. The highest BCUT2D eigenvalue weighted by atomic mass is 16.3. The summed E-state index contributed by atoms with van der Waals surface area (Å²) in [7, 11) is 0. The summed E-state index contributed by atoms with van der Waals surface area (Å²) in [6, 6.07) is 6.11. The van der Waals surface area contributed by atoms with E-state index < -0.39 is 0 Å². The van der Waals surface area contributed by atoms with E-state index in [0.717, 1.165) is 12.8 Å². The summed E-state index contributed by atoms with van der Waals surface area (Å²) in [5, 5.41) is 9.13. The van der Waals surface area contributed by atoms with E-state index in [4.69, 9.17) is 5.11 Å². The Hall–Kier alpha value is -1.84. The number of benzene rings is 1. The Morgan fingerprint density at radius 3 is 2.59 bits per heavy atom. The topological polar surface area (TPSA) is 57.6 Å². The minimum atomic E-state index is -0.0831. The van der Waals surface area contributed by atoms with Crippen molar-refractivity contribution in [1.82, 2.24) is 4.90 Å². The third-order valence-electron chi connectivity index (χ3n) is 2.95. The second-order valence-electron chi connectivity index (χ2n) is 4.24. The fraction of sp³-hybridized carbons (Fsp3) is 0.385. The van der Waals surface area contributed by atoms with E-state index in [1.807, 2.05) is 0 Å². The Morgan fingerprint density at radius 2 is 1.94 bits per heavy atom. The summed E-state index contributed by atoms with van der Waals surface area (Å²) < 4.78 is 0. The molecule has 4 heteroatoms. The molecular formula is C13H15NO3. The zero-order valence-corrected chi connectivity index (χ0v) is 9.56. The van der Waals surface area contributed by atoms with Gasteiger partial charge in [0.15, 0.2) is 5.78 Å². The van der Waals surface area contributed by atoms with Crippen LogP contribution in [0.5, 0.6) is 5.75 Å². The van der Waals surface area contributed by atoms with Crippen molar-refractivity contribution in [3.63, 3.8) is 0 Å². The van der Waals surface area contributed by atoms with Crippen LogP contribution in [0.1, 0.15) is 29.6 Å². The van der Waals surface area contributed by atoms with Crippen molar-refractivity contribution >= 4 is 11.7 Å². The Kier molecular flexibility index (Phi) is 3.42. The third kappa shape index (κ3) is 2.84. The standard InChI is InChI=1S/C13H15NO3/c15-11-6-4-10(5-7-11)12(16)9-14-8-2-1-3-13(14)17/h4-7,15H,1-3,8-9H2. The second kappa shape index (κ2) is 4.99. The van der Waals surface area contributed by atoms with Gasteiger partial charge in [0, 0.05) is 18.5 Å². The molecule has 1 aliphatic heterocycles. The molecule has 1 N–H and O–H groups in total. The molecular weight excluding hydrogens is 218 g/mol. The number of ketones is 1. The predicted octanol–water partition coefficient (Wildman–Crippen LogP) is 1.59. The van der Waals surface area contributed by atoms with E-state index in [-0.39, 0.29) is 24.0 Å². The summed E-state index contributed by atoms with van der Waals surface area (Å²) in [4.78, 5) is 25.1. The molecule has 0 aromatic heterocycles. The molecule has 0 unspecified atom stereocenters. The molecule has 0 saturated carbocycles. The molecule has 17 heavy (non-hydrogen) atoms. The lowest BCUT2D eigenvalue weighted by Crippen LogP contribution is -2.39. The molecule has 1 aromatic carbocycles. The summed E-state index contributed by atoms with van der Waals surface area (Å²) in [5.74, 6) is 0.110. The van der Waals surface area contributed by atoms with Gasteiger partial charge in [-0.25, -0.2) is 0 Å². The number of amides is 1. The molecule has 1 amide bonds. The average Bonchev–Trinajstić information content (AvgIpc) is 2.33. The van der Waals surface area contributed by atoms with E-state index in [2.05, 4.69) is 0 Å². The van der Waals surface area contributed by atoms with Crippen LogP contribution in [0.4, 0.5) is 0 Å². The van der Waals surface area contributed by atoms with E-state index >= 15 is 0 Å².